The molecule has 5 heteroatoms. The SMILES string of the molecule is C=CN=C(N=C)Nc1ccc(N2CC3(CCO3)C2)cc1. The Morgan fingerprint density at radius 2 is 2.05 bits per heavy atom. The monoisotopic (exact) mass is 270 g/mol. The molecule has 0 aliphatic carbocycles. The van der Waals surface area contributed by atoms with E-state index in [0.717, 1.165) is 25.4 Å². The Morgan fingerprint density at radius 3 is 2.55 bits per heavy atom. The van der Waals surface area contributed by atoms with Crippen LogP contribution in [-0.4, -0.2) is 38.0 Å². The zero-order chi connectivity index (χ0) is 14.0. The minimum absolute atomic E-state index is 0.160. The molecule has 1 N–H and O–H groups in total. The molecule has 0 atom stereocenters. The Bertz CT molecular complexity index is 537. The Hall–Kier alpha value is -2.14. The zero-order valence-electron chi connectivity index (χ0n) is 11.4. The minimum atomic E-state index is 0.160. The van der Waals surface area contributed by atoms with Gasteiger partial charge in [-0.25, -0.2) is 9.98 Å². The van der Waals surface area contributed by atoms with Crippen LogP contribution >= 0.6 is 0 Å². The Labute approximate surface area is 118 Å². The van der Waals surface area contributed by atoms with Crippen molar-refractivity contribution in [3.8, 4) is 0 Å². The lowest BCUT2D eigenvalue weighted by atomic mass is 9.86. The molecule has 2 heterocycles. The second kappa shape index (κ2) is 5.09. The quantitative estimate of drug-likeness (QED) is 0.677. The molecule has 20 heavy (non-hydrogen) atoms. The fraction of sp³-hybridized carbons (Fsp3) is 0.333. The number of benzene rings is 1. The number of rotatable bonds is 3. The van der Waals surface area contributed by atoms with E-state index in [1.807, 2.05) is 12.1 Å². The molecule has 5 nitrogen and oxygen atoms in total. The third-order valence-electron chi connectivity index (χ3n) is 3.78. The van der Waals surface area contributed by atoms with Crippen LogP contribution in [0.25, 0.3) is 0 Å². The maximum atomic E-state index is 5.63. The number of nitrogens with zero attached hydrogens (tertiary/aromatic N) is 3. The number of hydrogen-bond acceptors (Lipinski definition) is 3. The van der Waals surface area contributed by atoms with Crippen molar-refractivity contribution in [1.29, 1.82) is 0 Å². The molecule has 0 unspecified atom stereocenters. The lowest BCUT2D eigenvalue weighted by Crippen LogP contribution is -2.68. The van der Waals surface area contributed by atoms with E-state index in [1.54, 1.807) is 0 Å². The highest BCUT2D eigenvalue weighted by Gasteiger charge is 2.49. The second-order valence-electron chi connectivity index (χ2n) is 5.10. The first-order chi connectivity index (χ1) is 9.74. The van der Waals surface area contributed by atoms with E-state index in [-0.39, 0.29) is 5.60 Å². The molecule has 0 bridgehead atoms. The van der Waals surface area contributed by atoms with Gasteiger partial charge in [0.05, 0.1) is 6.61 Å². The van der Waals surface area contributed by atoms with Crippen LogP contribution in [0.4, 0.5) is 11.4 Å². The van der Waals surface area contributed by atoms with Crippen LogP contribution in [0, 0.1) is 0 Å². The predicted octanol–water partition coefficient (Wildman–Crippen LogP) is 2.28. The lowest BCUT2D eigenvalue weighted by Gasteiger charge is -2.56. The molecule has 1 spiro atoms. The van der Waals surface area contributed by atoms with Crippen LogP contribution in [-0.2, 0) is 4.74 Å². The standard InChI is InChI=1S/C15H18N4O/c1-3-17-14(16-2)18-12-4-6-13(7-5-12)19-10-15(11-19)8-9-20-15/h3-7H,1-2,8-11H2,(H,17,18). The number of ether oxygens (including phenoxy) is 1. The van der Waals surface area contributed by atoms with Gasteiger partial charge in [0.2, 0.25) is 5.96 Å². The molecule has 0 aromatic heterocycles. The van der Waals surface area contributed by atoms with E-state index in [0.29, 0.717) is 5.96 Å². The van der Waals surface area contributed by atoms with E-state index >= 15 is 0 Å². The summed E-state index contributed by atoms with van der Waals surface area (Å²) in [6.07, 6.45) is 2.62. The van der Waals surface area contributed by atoms with Crippen LogP contribution in [0.5, 0.6) is 0 Å². The van der Waals surface area contributed by atoms with E-state index in [1.165, 1.54) is 18.3 Å². The van der Waals surface area contributed by atoms with Gasteiger partial charge in [0.15, 0.2) is 0 Å². The average Bonchev–Trinajstić information content (AvgIpc) is 2.37. The third-order valence-corrected chi connectivity index (χ3v) is 3.78. The Morgan fingerprint density at radius 1 is 1.35 bits per heavy atom. The molecular formula is C15H18N4O. The maximum Gasteiger partial charge on any atom is 0.226 e. The molecule has 2 saturated heterocycles. The predicted molar refractivity (Wildman–Crippen MR) is 82.8 cm³/mol. The van der Waals surface area contributed by atoms with Crippen LogP contribution < -0.4 is 10.2 Å². The molecule has 0 saturated carbocycles. The van der Waals surface area contributed by atoms with Gasteiger partial charge in [-0.3, -0.25) is 0 Å². The normalized spacial score (nSPS) is 20.0. The second-order valence-corrected chi connectivity index (χ2v) is 5.10. The van der Waals surface area contributed by atoms with E-state index < -0.39 is 0 Å². The van der Waals surface area contributed by atoms with Gasteiger partial charge in [0.25, 0.3) is 0 Å². The van der Waals surface area contributed by atoms with Crippen molar-refractivity contribution in [3.63, 3.8) is 0 Å². The van der Waals surface area contributed by atoms with Crippen molar-refractivity contribution in [3.05, 3.63) is 37.0 Å². The summed E-state index contributed by atoms with van der Waals surface area (Å²) >= 11 is 0. The van der Waals surface area contributed by atoms with Crippen molar-refractivity contribution >= 4 is 24.1 Å². The molecule has 2 fully saturated rings. The van der Waals surface area contributed by atoms with Crippen molar-refractivity contribution in [1.82, 2.24) is 0 Å². The summed E-state index contributed by atoms with van der Waals surface area (Å²) in [5, 5.41) is 3.08. The zero-order valence-corrected chi connectivity index (χ0v) is 11.4. The maximum absolute atomic E-state index is 5.63. The largest absolute Gasteiger partial charge is 0.371 e. The smallest absolute Gasteiger partial charge is 0.226 e. The molecule has 3 rings (SSSR count). The molecule has 104 valence electrons. The Balaban J connectivity index is 1.61. The van der Waals surface area contributed by atoms with Crippen molar-refractivity contribution in [2.75, 3.05) is 29.9 Å². The first-order valence-electron chi connectivity index (χ1n) is 6.66. The molecular weight excluding hydrogens is 252 g/mol. The van der Waals surface area contributed by atoms with Gasteiger partial charge in [-0.15, -0.1) is 0 Å². The highest BCUT2D eigenvalue weighted by Crippen LogP contribution is 2.38. The number of nitrogens with one attached hydrogen (secondary N) is 1. The summed E-state index contributed by atoms with van der Waals surface area (Å²) in [6.45, 7) is 9.91. The van der Waals surface area contributed by atoms with Crippen molar-refractivity contribution < 1.29 is 4.74 Å². The van der Waals surface area contributed by atoms with Gasteiger partial charge >= 0.3 is 0 Å². The van der Waals surface area contributed by atoms with Crippen LogP contribution in [0.2, 0.25) is 0 Å². The molecule has 0 radical (unpaired) electrons. The molecule has 2 aliphatic heterocycles. The lowest BCUT2D eigenvalue weighted by molar-refractivity contribution is -0.160. The summed E-state index contributed by atoms with van der Waals surface area (Å²) in [4.78, 5) is 10.1. The topological polar surface area (TPSA) is 49.2 Å². The fourth-order valence-electron chi connectivity index (χ4n) is 2.56. The Kier molecular flexibility index (Phi) is 3.28. The molecule has 2 aliphatic rings. The third kappa shape index (κ3) is 2.32. The number of anilines is 2. The molecule has 1 aromatic carbocycles. The van der Waals surface area contributed by atoms with Crippen LogP contribution in [0.3, 0.4) is 0 Å². The highest BCUT2D eigenvalue weighted by molar-refractivity contribution is 5.96. The molecule has 0 amide bonds. The van der Waals surface area contributed by atoms with E-state index in [9.17, 15) is 0 Å². The first kappa shape index (κ1) is 12.9. The summed E-state index contributed by atoms with van der Waals surface area (Å²) in [7, 11) is 0. The van der Waals surface area contributed by atoms with E-state index in [4.69, 9.17) is 4.74 Å². The average molecular weight is 270 g/mol. The summed E-state index contributed by atoms with van der Waals surface area (Å²) in [6, 6.07) is 8.18. The van der Waals surface area contributed by atoms with Gasteiger partial charge in [0.1, 0.15) is 5.60 Å². The summed E-state index contributed by atoms with van der Waals surface area (Å²) in [5.41, 5.74) is 2.30. The van der Waals surface area contributed by atoms with Gasteiger partial charge in [0, 0.05) is 37.1 Å². The van der Waals surface area contributed by atoms with Gasteiger partial charge in [-0.2, -0.15) is 0 Å². The number of aliphatic imine (C=N–C) groups is 2. The summed E-state index contributed by atoms with van der Waals surface area (Å²) < 4.78 is 5.63. The molecule has 1 aromatic rings. The van der Waals surface area contributed by atoms with Crippen molar-refractivity contribution in [2.24, 2.45) is 9.98 Å². The summed E-state index contributed by atoms with van der Waals surface area (Å²) in [5.74, 6) is 0.443. The number of hydrogen-bond donors (Lipinski definition) is 1. The first-order valence-corrected chi connectivity index (χ1v) is 6.66. The van der Waals surface area contributed by atoms with Crippen LogP contribution in [0.15, 0.2) is 47.0 Å². The van der Waals surface area contributed by atoms with Crippen LogP contribution in [0.1, 0.15) is 6.42 Å². The van der Waals surface area contributed by atoms with Gasteiger partial charge in [-0.05, 0) is 31.0 Å². The van der Waals surface area contributed by atoms with Gasteiger partial charge < -0.3 is 15.0 Å². The minimum Gasteiger partial charge on any atom is -0.371 e. The number of guanidine groups is 1. The van der Waals surface area contributed by atoms with Crippen molar-refractivity contribution in [2.45, 2.75) is 12.0 Å². The van der Waals surface area contributed by atoms with E-state index in [2.05, 4.69) is 45.6 Å². The fourth-order valence-corrected chi connectivity index (χ4v) is 2.56. The highest BCUT2D eigenvalue weighted by atomic mass is 16.5. The van der Waals surface area contributed by atoms with Gasteiger partial charge in [-0.1, -0.05) is 6.58 Å².